The van der Waals surface area contributed by atoms with Gasteiger partial charge < -0.3 is 4.74 Å². The summed E-state index contributed by atoms with van der Waals surface area (Å²) in [4.78, 5) is 0. The van der Waals surface area contributed by atoms with Crippen molar-refractivity contribution >= 4 is 0 Å². The zero-order valence-electron chi connectivity index (χ0n) is 17.3. The zero-order valence-corrected chi connectivity index (χ0v) is 17.3. The van der Waals surface area contributed by atoms with Crippen molar-refractivity contribution in [2.24, 2.45) is 17.8 Å². The molecule has 1 heteroatoms. The second-order valence-electron chi connectivity index (χ2n) is 8.93. The van der Waals surface area contributed by atoms with Crippen LogP contribution in [-0.2, 0) is 0 Å². The van der Waals surface area contributed by atoms with E-state index in [4.69, 9.17) is 4.74 Å². The summed E-state index contributed by atoms with van der Waals surface area (Å²) in [5.41, 5.74) is 4.10. The molecule has 0 bridgehead atoms. The molecule has 2 aliphatic rings. The van der Waals surface area contributed by atoms with Crippen molar-refractivity contribution < 1.29 is 4.74 Å². The topological polar surface area (TPSA) is 9.23 Å². The van der Waals surface area contributed by atoms with Crippen molar-refractivity contribution in [1.82, 2.24) is 0 Å². The van der Waals surface area contributed by atoms with Crippen LogP contribution in [0.5, 0.6) is 5.75 Å². The largest absolute Gasteiger partial charge is 0.497 e. The third-order valence-corrected chi connectivity index (χ3v) is 7.31. The number of rotatable bonds is 6. The van der Waals surface area contributed by atoms with Gasteiger partial charge in [0.25, 0.3) is 0 Å². The van der Waals surface area contributed by atoms with E-state index in [0.717, 1.165) is 29.4 Å². The monoisotopic (exact) mass is 374 g/mol. The van der Waals surface area contributed by atoms with Crippen LogP contribution in [0.3, 0.4) is 0 Å². The van der Waals surface area contributed by atoms with Crippen molar-refractivity contribution in [3.63, 3.8) is 0 Å². The second kappa shape index (κ2) is 8.99. The molecule has 0 aromatic heterocycles. The number of benzene rings is 2. The van der Waals surface area contributed by atoms with Gasteiger partial charge in [-0.3, -0.25) is 0 Å². The summed E-state index contributed by atoms with van der Waals surface area (Å²) >= 11 is 0. The fraction of sp³-hybridized carbons (Fsp3) is 0.481. The first kappa shape index (κ1) is 19.3. The Labute approximate surface area is 170 Å². The number of fused-ring (bicyclic) bond motifs is 1. The summed E-state index contributed by atoms with van der Waals surface area (Å²) in [5, 5.41) is 0. The molecule has 148 valence electrons. The molecule has 2 aromatic rings. The smallest absolute Gasteiger partial charge is 0.118 e. The predicted molar refractivity (Wildman–Crippen MR) is 119 cm³/mol. The van der Waals surface area contributed by atoms with Gasteiger partial charge in [-0.2, -0.15) is 0 Å². The fourth-order valence-corrected chi connectivity index (χ4v) is 5.64. The lowest BCUT2D eigenvalue weighted by Crippen LogP contribution is -2.30. The lowest BCUT2D eigenvalue weighted by atomic mass is 9.63. The van der Waals surface area contributed by atoms with Crippen LogP contribution in [0.1, 0.15) is 62.8 Å². The van der Waals surface area contributed by atoms with Gasteiger partial charge in [0.05, 0.1) is 7.11 Å². The summed E-state index contributed by atoms with van der Waals surface area (Å²) in [5.74, 6) is 4.57. The third kappa shape index (κ3) is 4.35. The number of hydrogen-bond acceptors (Lipinski definition) is 1. The van der Waals surface area contributed by atoms with Crippen molar-refractivity contribution in [1.29, 1.82) is 0 Å². The standard InChI is InChI=1S/C27H34O/c1-3-4-5-20-6-7-26-19-25(13-12-24(26)18-20)23-10-8-21(9-11-23)22-14-16-27(28-2)17-15-22/h3,8-11,14-17,20,24-26H,1,4-7,12-13,18-19H2,2H3. The van der Waals surface area contributed by atoms with E-state index >= 15 is 0 Å². The van der Waals surface area contributed by atoms with Crippen LogP contribution in [0.4, 0.5) is 0 Å². The highest BCUT2D eigenvalue weighted by Crippen LogP contribution is 2.48. The van der Waals surface area contributed by atoms with Crippen LogP contribution in [0.2, 0.25) is 0 Å². The molecular formula is C27H34O. The van der Waals surface area contributed by atoms with E-state index in [0.29, 0.717) is 0 Å². The van der Waals surface area contributed by atoms with Gasteiger partial charge >= 0.3 is 0 Å². The summed E-state index contributed by atoms with van der Waals surface area (Å²) < 4.78 is 5.27. The first-order valence-electron chi connectivity index (χ1n) is 11.1. The van der Waals surface area contributed by atoms with Gasteiger partial charge in [0.2, 0.25) is 0 Å². The molecule has 1 nitrogen and oxygen atoms in total. The summed E-state index contributed by atoms with van der Waals surface area (Å²) in [6, 6.07) is 17.7. The van der Waals surface area contributed by atoms with Crippen LogP contribution in [-0.4, -0.2) is 7.11 Å². The maximum Gasteiger partial charge on any atom is 0.118 e. The fourth-order valence-electron chi connectivity index (χ4n) is 5.64. The molecular weight excluding hydrogens is 340 g/mol. The molecule has 0 heterocycles. The van der Waals surface area contributed by atoms with E-state index in [1.54, 1.807) is 12.7 Å². The molecule has 0 spiro atoms. The Bertz CT molecular complexity index is 758. The van der Waals surface area contributed by atoms with E-state index in [-0.39, 0.29) is 0 Å². The molecule has 4 rings (SSSR count). The Balaban J connectivity index is 1.37. The van der Waals surface area contributed by atoms with Crippen molar-refractivity contribution in [2.45, 2.75) is 57.3 Å². The Morgan fingerprint density at radius 2 is 1.50 bits per heavy atom. The van der Waals surface area contributed by atoms with E-state index in [9.17, 15) is 0 Å². The molecule has 4 atom stereocenters. The lowest BCUT2D eigenvalue weighted by Gasteiger charge is -2.42. The molecule has 28 heavy (non-hydrogen) atoms. The quantitative estimate of drug-likeness (QED) is 0.472. The molecule has 0 N–H and O–H groups in total. The molecule has 0 amide bonds. The molecule has 0 aliphatic heterocycles. The lowest BCUT2D eigenvalue weighted by molar-refractivity contribution is 0.115. The summed E-state index contributed by atoms with van der Waals surface area (Å²) in [7, 11) is 1.71. The molecule has 2 fully saturated rings. The predicted octanol–water partition coefficient (Wildman–Crippen LogP) is 7.63. The van der Waals surface area contributed by atoms with Gasteiger partial charge in [-0.25, -0.2) is 0 Å². The molecule has 2 aliphatic carbocycles. The number of methoxy groups -OCH3 is 1. The SMILES string of the molecule is C=CCCC1CCC2CC(c3ccc(-c4ccc(OC)cc4)cc3)CCC2C1. The number of ether oxygens (including phenoxy) is 1. The highest BCUT2D eigenvalue weighted by atomic mass is 16.5. The minimum atomic E-state index is 0.760. The molecule has 2 saturated carbocycles. The number of hydrogen-bond donors (Lipinski definition) is 0. The first-order chi connectivity index (χ1) is 13.8. The zero-order chi connectivity index (χ0) is 19.3. The van der Waals surface area contributed by atoms with Gasteiger partial charge in [0.15, 0.2) is 0 Å². The van der Waals surface area contributed by atoms with E-state index in [1.807, 2.05) is 12.1 Å². The van der Waals surface area contributed by atoms with Gasteiger partial charge in [0, 0.05) is 0 Å². The van der Waals surface area contributed by atoms with Gasteiger partial charge in [-0.1, -0.05) is 48.9 Å². The van der Waals surface area contributed by atoms with Gasteiger partial charge in [-0.15, -0.1) is 6.58 Å². The second-order valence-corrected chi connectivity index (χ2v) is 8.93. The average Bonchev–Trinajstić information content (AvgIpc) is 2.77. The van der Waals surface area contributed by atoms with E-state index < -0.39 is 0 Å². The normalized spacial score (nSPS) is 27.0. The molecule has 2 aromatic carbocycles. The Hall–Kier alpha value is -2.02. The van der Waals surface area contributed by atoms with Crippen molar-refractivity contribution in [3.05, 3.63) is 66.7 Å². The first-order valence-corrected chi connectivity index (χ1v) is 11.1. The Morgan fingerprint density at radius 3 is 2.18 bits per heavy atom. The number of allylic oxidation sites excluding steroid dienone is 1. The molecule has 0 radical (unpaired) electrons. The van der Waals surface area contributed by atoms with Gasteiger partial charge in [0.1, 0.15) is 5.75 Å². The highest BCUT2D eigenvalue weighted by molar-refractivity contribution is 5.64. The molecule has 4 unspecified atom stereocenters. The van der Waals surface area contributed by atoms with Gasteiger partial charge in [-0.05, 0) is 97.4 Å². The van der Waals surface area contributed by atoms with E-state index in [2.05, 4.69) is 49.1 Å². The maximum atomic E-state index is 5.27. The summed E-state index contributed by atoms with van der Waals surface area (Å²) in [6.07, 6.45) is 13.2. The van der Waals surface area contributed by atoms with E-state index in [1.165, 1.54) is 62.5 Å². The van der Waals surface area contributed by atoms with Crippen LogP contribution < -0.4 is 4.74 Å². The van der Waals surface area contributed by atoms with Crippen LogP contribution >= 0.6 is 0 Å². The maximum absolute atomic E-state index is 5.27. The third-order valence-electron chi connectivity index (χ3n) is 7.31. The Kier molecular flexibility index (Phi) is 6.20. The molecule has 0 saturated heterocycles. The minimum absolute atomic E-state index is 0.760. The van der Waals surface area contributed by atoms with Crippen LogP contribution in [0, 0.1) is 17.8 Å². The highest BCUT2D eigenvalue weighted by Gasteiger charge is 2.35. The van der Waals surface area contributed by atoms with Crippen LogP contribution in [0.25, 0.3) is 11.1 Å². The minimum Gasteiger partial charge on any atom is -0.497 e. The van der Waals surface area contributed by atoms with Crippen molar-refractivity contribution in [2.75, 3.05) is 7.11 Å². The summed E-state index contributed by atoms with van der Waals surface area (Å²) in [6.45, 7) is 3.90. The van der Waals surface area contributed by atoms with Crippen molar-refractivity contribution in [3.8, 4) is 16.9 Å². The average molecular weight is 375 g/mol. The van der Waals surface area contributed by atoms with Crippen LogP contribution in [0.15, 0.2) is 61.2 Å². The Morgan fingerprint density at radius 1 is 0.857 bits per heavy atom.